The van der Waals surface area contributed by atoms with Crippen LogP contribution in [0.15, 0.2) is 41.3 Å². The van der Waals surface area contributed by atoms with Gasteiger partial charge in [-0.3, -0.25) is 14.3 Å². The van der Waals surface area contributed by atoms with Gasteiger partial charge in [0.1, 0.15) is 17.2 Å². The molecule has 6 nitrogen and oxygen atoms in total. The van der Waals surface area contributed by atoms with Crippen molar-refractivity contribution in [1.29, 1.82) is 0 Å². The van der Waals surface area contributed by atoms with Crippen LogP contribution in [0.3, 0.4) is 0 Å². The van der Waals surface area contributed by atoms with Crippen molar-refractivity contribution in [2.75, 3.05) is 6.54 Å². The predicted octanol–water partition coefficient (Wildman–Crippen LogP) is 1.95. The van der Waals surface area contributed by atoms with Crippen molar-refractivity contribution in [3.8, 4) is 11.8 Å². The minimum absolute atomic E-state index is 0.000453. The summed E-state index contributed by atoms with van der Waals surface area (Å²) in [5, 5.41) is 0.553. The monoisotopic (exact) mass is 357 g/mol. The van der Waals surface area contributed by atoms with Gasteiger partial charge in [-0.15, -0.1) is 0 Å². The average Bonchev–Trinajstić information content (AvgIpc) is 3.06. The molecular formula is C21H19N5O. The minimum Gasteiger partial charge on any atom is -0.293 e. The second-order valence-corrected chi connectivity index (χ2v) is 7.47. The van der Waals surface area contributed by atoms with Gasteiger partial charge in [0.25, 0.3) is 5.56 Å². The molecule has 2 aliphatic rings. The zero-order chi connectivity index (χ0) is 18.4. The van der Waals surface area contributed by atoms with Crippen molar-refractivity contribution in [1.82, 2.24) is 24.4 Å². The Hall–Kier alpha value is -3.04. The van der Waals surface area contributed by atoms with Crippen molar-refractivity contribution >= 4 is 11.0 Å². The molecule has 0 radical (unpaired) electrons. The first-order chi connectivity index (χ1) is 13.1. The molecule has 27 heavy (non-hydrogen) atoms. The third kappa shape index (κ3) is 2.71. The fourth-order valence-electron chi connectivity index (χ4n) is 4.10. The quantitative estimate of drug-likeness (QED) is 0.576. The van der Waals surface area contributed by atoms with Crippen molar-refractivity contribution in [2.45, 2.75) is 38.4 Å². The van der Waals surface area contributed by atoms with Crippen molar-refractivity contribution in [2.24, 2.45) is 0 Å². The van der Waals surface area contributed by atoms with Gasteiger partial charge in [-0.25, -0.2) is 15.0 Å². The molecule has 0 aromatic carbocycles. The van der Waals surface area contributed by atoms with Crippen LogP contribution < -0.4 is 5.56 Å². The summed E-state index contributed by atoms with van der Waals surface area (Å²) in [6, 6.07) is 9.16. The van der Waals surface area contributed by atoms with Gasteiger partial charge in [0.15, 0.2) is 5.65 Å². The van der Waals surface area contributed by atoms with Crippen LogP contribution in [0, 0.1) is 11.8 Å². The molecule has 5 rings (SSSR count). The molecule has 134 valence electrons. The smallest absolute Gasteiger partial charge is 0.263 e. The van der Waals surface area contributed by atoms with E-state index in [0.29, 0.717) is 35.5 Å². The van der Waals surface area contributed by atoms with E-state index in [-0.39, 0.29) is 11.1 Å². The van der Waals surface area contributed by atoms with E-state index in [2.05, 4.69) is 33.6 Å². The van der Waals surface area contributed by atoms with E-state index >= 15 is 0 Å². The molecule has 0 amide bonds. The van der Waals surface area contributed by atoms with E-state index in [4.69, 9.17) is 4.98 Å². The Morgan fingerprint density at radius 1 is 1.11 bits per heavy atom. The Kier molecular flexibility index (Phi) is 3.59. The zero-order valence-corrected chi connectivity index (χ0v) is 15.1. The third-order valence-corrected chi connectivity index (χ3v) is 5.62. The molecule has 3 aromatic heterocycles. The van der Waals surface area contributed by atoms with Crippen LogP contribution in [0.1, 0.15) is 37.0 Å². The Morgan fingerprint density at radius 3 is 2.85 bits per heavy atom. The highest BCUT2D eigenvalue weighted by atomic mass is 16.1. The van der Waals surface area contributed by atoms with Crippen LogP contribution >= 0.6 is 0 Å². The topological polar surface area (TPSA) is 63.9 Å². The summed E-state index contributed by atoms with van der Waals surface area (Å²) in [5.74, 6) is 6.81. The molecule has 1 saturated heterocycles. The molecule has 0 aliphatic carbocycles. The van der Waals surface area contributed by atoms with E-state index in [0.717, 1.165) is 18.8 Å². The fourth-order valence-corrected chi connectivity index (χ4v) is 4.10. The second kappa shape index (κ2) is 6.00. The summed E-state index contributed by atoms with van der Waals surface area (Å²) < 4.78 is 1.84. The maximum atomic E-state index is 13.0. The SMILES string of the molecule is CC12CCCN1Cc1nc3nc(C#Cc4ccccn4)ccc3c(=O)n1C2. The first kappa shape index (κ1) is 16.2. The summed E-state index contributed by atoms with van der Waals surface area (Å²) in [4.78, 5) is 28.9. The van der Waals surface area contributed by atoms with Gasteiger partial charge in [-0.1, -0.05) is 6.07 Å². The molecule has 0 N–H and O–H groups in total. The Balaban J connectivity index is 1.58. The summed E-state index contributed by atoms with van der Waals surface area (Å²) in [5.41, 5.74) is 1.81. The average molecular weight is 357 g/mol. The Bertz CT molecular complexity index is 1160. The summed E-state index contributed by atoms with van der Waals surface area (Å²) in [7, 11) is 0. The lowest BCUT2D eigenvalue weighted by Gasteiger charge is -2.40. The molecule has 1 fully saturated rings. The molecule has 3 aromatic rings. The van der Waals surface area contributed by atoms with Crippen LogP contribution in [-0.2, 0) is 13.1 Å². The highest BCUT2D eigenvalue weighted by Crippen LogP contribution is 2.34. The first-order valence-corrected chi connectivity index (χ1v) is 9.21. The molecule has 1 unspecified atom stereocenters. The van der Waals surface area contributed by atoms with Crippen LogP contribution in [0.25, 0.3) is 11.0 Å². The Labute approximate surface area is 156 Å². The van der Waals surface area contributed by atoms with E-state index < -0.39 is 0 Å². The minimum atomic E-state index is -0.000453. The number of nitrogens with zero attached hydrogens (tertiary/aromatic N) is 5. The number of rotatable bonds is 0. The molecule has 0 spiro atoms. The molecule has 6 heteroatoms. The lowest BCUT2D eigenvalue weighted by Crippen LogP contribution is -2.51. The number of aromatic nitrogens is 4. The largest absolute Gasteiger partial charge is 0.293 e. The van der Waals surface area contributed by atoms with E-state index in [1.165, 1.54) is 6.42 Å². The normalized spacial score (nSPS) is 21.4. The predicted molar refractivity (Wildman–Crippen MR) is 102 cm³/mol. The van der Waals surface area contributed by atoms with Crippen LogP contribution in [0.5, 0.6) is 0 Å². The Morgan fingerprint density at radius 2 is 2.00 bits per heavy atom. The first-order valence-electron chi connectivity index (χ1n) is 9.21. The van der Waals surface area contributed by atoms with Crippen LogP contribution in [-0.4, -0.2) is 36.5 Å². The third-order valence-electron chi connectivity index (χ3n) is 5.62. The summed E-state index contributed by atoms with van der Waals surface area (Å²) >= 11 is 0. The zero-order valence-electron chi connectivity index (χ0n) is 15.1. The highest BCUT2D eigenvalue weighted by molar-refractivity contribution is 5.74. The van der Waals surface area contributed by atoms with Gasteiger partial charge in [0.05, 0.1) is 11.9 Å². The number of hydrogen-bond donors (Lipinski definition) is 0. The maximum Gasteiger partial charge on any atom is 0.263 e. The van der Waals surface area contributed by atoms with E-state index in [1.54, 1.807) is 18.3 Å². The van der Waals surface area contributed by atoms with Gasteiger partial charge in [-0.05, 0) is 62.4 Å². The lowest BCUT2D eigenvalue weighted by molar-refractivity contribution is 0.0923. The maximum absolute atomic E-state index is 13.0. The fraction of sp³-hybridized carbons (Fsp3) is 0.333. The number of pyridine rings is 2. The van der Waals surface area contributed by atoms with Crippen LogP contribution in [0.4, 0.5) is 0 Å². The van der Waals surface area contributed by atoms with E-state index in [1.807, 2.05) is 22.8 Å². The standard InChI is InChI=1S/C21H19N5O/c1-21-10-4-12-25(21)13-18-24-19-17(20(27)26(18)14-21)9-8-16(23-19)7-6-15-5-2-3-11-22-15/h2-3,5,8-9,11H,4,10,12-14H2,1H3. The van der Waals surface area contributed by atoms with Gasteiger partial charge in [-0.2, -0.15) is 0 Å². The van der Waals surface area contributed by atoms with Gasteiger partial charge in [0, 0.05) is 18.3 Å². The lowest BCUT2D eigenvalue weighted by atomic mass is 9.97. The molecule has 0 saturated carbocycles. The molecule has 5 heterocycles. The van der Waals surface area contributed by atoms with Crippen molar-refractivity contribution < 1.29 is 0 Å². The molecule has 1 atom stereocenters. The number of fused-ring (bicyclic) bond motifs is 3. The van der Waals surface area contributed by atoms with Crippen molar-refractivity contribution in [3.63, 3.8) is 0 Å². The molecular weight excluding hydrogens is 338 g/mol. The number of hydrogen-bond acceptors (Lipinski definition) is 5. The summed E-state index contributed by atoms with van der Waals surface area (Å²) in [6.07, 6.45) is 4.00. The molecule has 0 bridgehead atoms. The van der Waals surface area contributed by atoms with Gasteiger partial charge < -0.3 is 0 Å². The summed E-state index contributed by atoms with van der Waals surface area (Å²) in [6.45, 7) is 4.71. The van der Waals surface area contributed by atoms with Gasteiger partial charge >= 0.3 is 0 Å². The second-order valence-electron chi connectivity index (χ2n) is 7.47. The van der Waals surface area contributed by atoms with Crippen LogP contribution in [0.2, 0.25) is 0 Å². The molecule has 2 aliphatic heterocycles. The van der Waals surface area contributed by atoms with E-state index in [9.17, 15) is 4.79 Å². The van der Waals surface area contributed by atoms with Crippen molar-refractivity contribution in [3.05, 3.63) is 64.1 Å². The highest BCUT2D eigenvalue weighted by Gasteiger charge is 2.41. The van der Waals surface area contributed by atoms with Gasteiger partial charge in [0.2, 0.25) is 0 Å².